The van der Waals surface area contributed by atoms with Crippen molar-refractivity contribution in [3.8, 4) is 100 Å². The SMILES string of the molecule is Brc1ccc2cc(-c3cc4ccccc4c4ccccc34)ccc2c1.Clc1ccc(-c2ccc3cc(-c4cc5ccccc5c5ccccc45)ccc3c2)cc1.OB(O)c1ccc(Cl)cc1.c1ccc(-c2ccc(N(c3ccc(-c4ccccc4)cc3)c3ccc(-c4ccc5cc(-c6cc7ccccc7c7ccccc67)ccc5c4)cc3)cc2)cc1.c1ccc(-c2ccc(Nc3ccc(-c4ccccc4)cc3)cc2)cc1. The van der Waals surface area contributed by atoms with Crippen LogP contribution >= 0.6 is 39.1 Å². The summed E-state index contributed by atoms with van der Waals surface area (Å²) in [5, 5.41) is 45.0. The van der Waals surface area contributed by atoms with E-state index in [2.05, 4.69) is 542 Å². The summed E-state index contributed by atoms with van der Waals surface area (Å²) in [5.74, 6) is 0. The van der Waals surface area contributed by atoms with Gasteiger partial charge in [0, 0.05) is 43.0 Å². The van der Waals surface area contributed by atoms with Crippen LogP contribution in [0.15, 0.2) is 569 Å². The molecule has 26 aromatic carbocycles. The van der Waals surface area contributed by atoms with Gasteiger partial charge in [-0.25, -0.2) is 0 Å². The molecule has 0 heterocycles. The molecule has 0 radical (unpaired) electrons. The van der Waals surface area contributed by atoms with Gasteiger partial charge in [0.15, 0.2) is 0 Å². The van der Waals surface area contributed by atoms with Crippen LogP contribution in [0.2, 0.25) is 10.0 Å². The van der Waals surface area contributed by atoms with Crippen LogP contribution in [-0.2, 0) is 0 Å². The molecular formula is C138H96BBrCl2N2O2. The number of nitrogens with one attached hydrogen (secondary N) is 1. The summed E-state index contributed by atoms with van der Waals surface area (Å²) in [6, 6.07) is 199. The molecule has 4 nitrogen and oxygen atoms in total. The number of nitrogens with zero attached hydrogens (tertiary/aromatic N) is 1. The first kappa shape index (κ1) is 93.7. The number of hydrogen-bond acceptors (Lipinski definition) is 4. The first-order chi connectivity index (χ1) is 71.9. The third-order valence-electron chi connectivity index (χ3n) is 27.3. The number of benzene rings is 26. The number of rotatable bonds is 15. The first-order valence-electron chi connectivity index (χ1n) is 49.1. The zero-order valence-corrected chi connectivity index (χ0v) is 82.8. The van der Waals surface area contributed by atoms with E-state index in [1.807, 2.05) is 24.3 Å². The zero-order chi connectivity index (χ0) is 98.6. The van der Waals surface area contributed by atoms with Crippen molar-refractivity contribution in [1.29, 1.82) is 0 Å². The molecule has 0 fully saturated rings. The fourth-order valence-corrected chi connectivity index (χ4v) is 20.4. The van der Waals surface area contributed by atoms with Crippen molar-refractivity contribution in [1.82, 2.24) is 0 Å². The van der Waals surface area contributed by atoms with Gasteiger partial charge in [0.2, 0.25) is 0 Å². The van der Waals surface area contributed by atoms with Crippen molar-refractivity contribution < 1.29 is 10.0 Å². The lowest BCUT2D eigenvalue weighted by atomic mass is 9.81. The molecule has 0 saturated carbocycles. The molecule has 0 spiro atoms. The topological polar surface area (TPSA) is 55.7 Å². The Labute approximate surface area is 869 Å². The first-order valence-corrected chi connectivity index (χ1v) is 50.6. The summed E-state index contributed by atoms with van der Waals surface area (Å²) < 4.78 is 1.11. The fourth-order valence-electron chi connectivity index (χ4n) is 19.8. The maximum Gasteiger partial charge on any atom is 0.488 e. The molecule has 0 aromatic heterocycles. The van der Waals surface area contributed by atoms with Crippen LogP contribution in [0.3, 0.4) is 0 Å². The third-order valence-corrected chi connectivity index (χ3v) is 28.3. The minimum Gasteiger partial charge on any atom is -0.423 e. The van der Waals surface area contributed by atoms with E-state index >= 15 is 0 Å². The number of hydrogen-bond donors (Lipinski definition) is 3. The summed E-state index contributed by atoms with van der Waals surface area (Å²) in [6.07, 6.45) is 0. The average Bonchev–Trinajstić information content (AvgIpc) is 0.760. The lowest BCUT2D eigenvalue weighted by molar-refractivity contribution is 0.426. The maximum absolute atomic E-state index is 8.63. The van der Waals surface area contributed by atoms with E-state index in [1.54, 1.807) is 24.3 Å². The number of anilines is 5. The molecule has 694 valence electrons. The molecule has 0 unspecified atom stereocenters. The molecule has 0 amide bonds. The average molecular weight is 1980 g/mol. The second-order valence-electron chi connectivity index (χ2n) is 36.5. The normalized spacial score (nSPS) is 11.0. The van der Waals surface area contributed by atoms with Gasteiger partial charge >= 0.3 is 7.12 Å². The molecule has 0 aliphatic heterocycles. The molecule has 0 saturated heterocycles. The van der Waals surface area contributed by atoms with Crippen LogP contribution in [0.5, 0.6) is 0 Å². The Morgan fingerprint density at radius 2 is 0.397 bits per heavy atom. The Morgan fingerprint density at radius 3 is 0.705 bits per heavy atom. The Hall–Kier alpha value is -17.3. The van der Waals surface area contributed by atoms with E-state index < -0.39 is 7.12 Å². The lowest BCUT2D eigenvalue weighted by Crippen LogP contribution is -2.29. The summed E-state index contributed by atoms with van der Waals surface area (Å²) in [7, 11) is -1.41. The minimum absolute atomic E-state index is 0.449. The van der Waals surface area contributed by atoms with Crippen LogP contribution in [0, 0.1) is 0 Å². The van der Waals surface area contributed by atoms with E-state index in [4.69, 9.17) is 33.2 Å². The zero-order valence-electron chi connectivity index (χ0n) is 79.7. The van der Waals surface area contributed by atoms with E-state index in [0.717, 1.165) is 37.9 Å². The Morgan fingerprint density at radius 1 is 0.178 bits per heavy atom. The highest BCUT2D eigenvalue weighted by Crippen LogP contribution is 2.44. The van der Waals surface area contributed by atoms with Gasteiger partial charge in [0.1, 0.15) is 0 Å². The highest BCUT2D eigenvalue weighted by Gasteiger charge is 2.19. The summed E-state index contributed by atoms with van der Waals surface area (Å²) in [4.78, 5) is 2.34. The Balaban J connectivity index is 0.000000113. The molecule has 146 heavy (non-hydrogen) atoms. The van der Waals surface area contributed by atoms with Crippen LogP contribution in [0.1, 0.15) is 0 Å². The summed E-state index contributed by atoms with van der Waals surface area (Å²) in [5.41, 5.74) is 28.1. The van der Waals surface area contributed by atoms with Crippen LogP contribution in [0.25, 0.3) is 197 Å². The Bertz CT molecular complexity index is 8980. The maximum atomic E-state index is 8.63. The molecule has 0 aliphatic carbocycles. The highest BCUT2D eigenvalue weighted by molar-refractivity contribution is 9.10. The summed E-state index contributed by atoms with van der Waals surface area (Å²) >= 11 is 15.2. The predicted octanol–water partition coefficient (Wildman–Crippen LogP) is 38.8. The Kier molecular flexibility index (Phi) is 27.7. The molecule has 8 heteroatoms. The molecular weight excluding hydrogens is 1880 g/mol. The standard InChI is InChI=1S/C54H37N.C30H19Cl.C24H15Br.C24H19N.C6H6BClO2/c1-3-11-38(12-4-1)40-23-29-48(30-24-40)55(49-31-25-41(26-32-49)39-13-5-2-6-14-39)50-33-27-42(28-34-50)43-19-20-45-36-47(22-21-44(45)35-43)54-37-46-15-7-8-16-51(46)52-17-9-10-18-53(52)54;31-26-15-13-20(14-16-26)21-9-10-23-18-25(12-11-22(23)17-21)30-19-24-5-1-2-6-27(24)28-7-3-4-8-29(28)30;25-20-12-11-16-13-19(10-9-17(16)14-20)24-15-18-5-1-2-6-21(18)22-7-3-4-8-23(22)24;1-3-7-19(8-4-1)21-11-15-23(16-12-21)25-24-17-13-22(14-18-24)20-9-5-2-6-10-20;8-6-3-1-5(2-4-6)7(9)10/h1-37H;1-19H;1-15H;1-18,25H;1-4,9-10H. The van der Waals surface area contributed by atoms with Gasteiger partial charge in [-0.1, -0.05) is 458 Å². The van der Waals surface area contributed by atoms with Crippen LogP contribution in [-0.4, -0.2) is 17.2 Å². The van der Waals surface area contributed by atoms with E-state index in [-0.39, 0.29) is 0 Å². The molecule has 26 aromatic rings. The van der Waals surface area contributed by atoms with Gasteiger partial charge in [0.05, 0.1) is 0 Å². The van der Waals surface area contributed by atoms with Gasteiger partial charge in [0.25, 0.3) is 0 Å². The quantitative estimate of drug-likeness (QED) is 0.0707. The van der Waals surface area contributed by atoms with Crippen molar-refractivity contribution in [2.24, 2.45) is 0 Å². The highest BCUT2D eigenvalue weighted by atomic mass is 79.9. The molecule has 3 N–H and O–H groups in total. The van der Waals surface area contributed by atoms with Gasteiger partial charge in [-0.2, -0.15) is 0 Å². The van der Waals surface area contributed by atoms with E-state index in [9.17, 15) is 0 Å². The van der Waals surface area contributed by atoms with Gasteiger partial charge in [-0.3, -0.25) is 0 Å². The summed E-state index contributed by atoms with van der Waals surface area (Å²) in [6.45, 7) is 0. The second-order valence-corrected chi connectivity index (χ2v) is 38.3. The smallest absolute Gasteiger partial charge is 0.423 e. The second kappa shape index (κ2) is 43.3. The van der Waals surface area contributed by atoms with E-state index in [1.165, 1.54) is 197 Å². The van der Waals surface area contributed by atoms with Crippen LogP contribution < -0.4 is 15.7 Å². The van der Waals surface area contributed by atoms with Crippen LogP contribution in [0.4, 0.5) is 28.4 Å². The third kappa shape index (κ3) is 21.0. The monoisotopic (exact) mass is 1970 g/mol. The molecule has 0 bridgehead atoms. The number of fused-ring (bicyclic) bond motifs is 12. The molecule has 0 atom stereocenters. The van der Waals surface area contributed by atoms with Crippen molar-refractivity contribution in [2.45, 2.75) is 0 Å². The van der Waals surface area contributed by atoms with Crippen molar-refractivity contribution in [3.05, 3.63) is 579 Å². The van der Waals surface area contributed by atoms with Crippen molar-refractivity contribution in [3.63, 3.8) is 0 Å². The number of halogens is 3. The van der Waals surface area contributed by atoms with Crippen molar-refractivity contribution >= 4 is 177 Å². The van der Waals surface area contributed by atoms with Gasteiger partial charge in [-0.05, 0) is 348 Å². The lowest BCUT2D eigenvalue weighted by Gasteiger charge is -2.26. The molecule has 0 aliphatic rings. The van der Waals surface area contributed by atoms with Gasteiger partial charge in [-0.15, -0.1) is 0 Å². The predicted molar refractivity (Wildman–Crippen MR) is 631 cm³/mol. The molecule has 26 rings (SSSR count). The largest absolute Gasteiger partial charge is 0.488 e. The fraction of sp³-hybridized carbons (Fsp3) is 0. The van der Waals surface area contributed by atoms with Crippen molar-refractivity contribution in [2.75, 3.05) is 10.2 Å². The minimum atomic E-state index is -1.41. The van der Waals surface area contributed by atoms with E-state index in [0.29, 0.717) is 10.5 Å². The van der Waals surface area contributed by atoms with Gasteiger partial charge < -0.3 is 20.3 Å².